The van der Waals surface area contributed by atoms with Crippen molar-refractivity contribution in [1.29, 1.82) is 0 Å². The van der Waals surface area contributed by atoms with Gasteiger partial charge in [0, 0.05) is 19.3 Å². The minimum absolute atomic E-state index is 0.0394. The molecule has 0 bridgehead atoms. The Bertz CT molecular complexity index is 1600. The average Bonchev–Trinajstić information content (AvgIpc) is 3.41. The molecule has 2 N–H and O–H groups in total. The van der Waals surface area contributed by atoms with Crippen LogP contribution in [0.25, 0.3) is 0 Å². The maximum absolute atomic E-state index is 12.9. The lowest BCUT2D eigenvalue weighted by Gasteiger charge is -2.21. The van der Waals surface area contributed by atoms with E-state index < -0.39 is 57.8 Å². The Kier molecular flexibility index (Phi) is 55.3. The van der Waals surface area contributed by atoms with E-state index in [2.05, 4.69) is 93.7 Å². The first-order valence-electron chi connectivity index (χ1n) is 30.5. The molecule has 0 aliphatic heterocycles. The molecule has 0 saturated carbocycles. The van der Waals surface area contributed by atoms with Gasteiger partial charge in [0.2, 0.25) is 0 Å². The van der Waals surface area contributed by atoms with Crippen LogP contribution < -0.4 is 0 Å². The number of carbonyl (C=O) groups is 3. The minimum Gasteiger partial charge on any atom is -0.462 e. The van der Waals surface area contributed by atoms with E-state index in [0.29, 0.717) is 25.7 Å². The maximum Gasteiger partial charge on any atom is 0.472 e. The molecular formula is C64H111O11P. The molecule has 0 radical (unpaired) electrons. The molecule has 0 rings (SSSR count). The number of esters is 3. The van der Waals surface area contributed by atoms with Crippen LogP contribution in [0.1, 0.15) is 265 Å². The van der Waals surface area contributed by atoms with Crippen LogP contribution in [0.3, 0.4) is 0 Å². The van der Waals surface area contributed by atoms with Crippen molar-refractivity contribution in [1.82, 2.24) is 0 Å². The van der Waals surface area contributed by atoms with Gasteiger partial charge < -0.3 is 24.2 Å². The highest BCUT2D eigenvalue weighted by atomic mass is 31.2. The molecule has 3 atom stereocenters. The Hall–Kier alpha value is -3.34. The molecule has 0 aliphatic rings. The van der Waals surface area contributed by atoms with Gasteiger partial charge in [-0.25, -0.2) is 4.57 Å². The number of hydrogen-bond donors (Lipinski definition) is 2. The quantitative estimate of drug-likeness (QED) is 0.0197. The first-order valence-corrected chi connectivity index (χ1v) is 32.0. The number of aliphatic hydroxyl groups excluding tert-OH is 1. The highest BCUT2D eigenvalue weighted by molar-refractivity contribution is 7.47. The number of rotatable bonds is 56. The van der Waals surface area contributed by atoms with Crippen LogP contribution in [0, 0.1) is 0 Å². The SMILES string of the molecule is CC/C=C\C/C=C\C/C=C\C/C=C\C/C=C\C/C=C\CCC(=O)OC(COC(=O)CCCCCCC/C=C\CCCCCCCC)COP(=O)(O)OCC(CO)OC(=O)CCCCCCCCCCCCCCCCC. The second-order valence-electron chi connectivity index (χ2n) is 20.1. The molecular weight excluding hydrogens is 976 g/mol. The van der Waals surface area contributed by atoms with Crippen molar-refractivity contribution in [3.63, 3.8) is 0 Å². The van der Waals surface area contributed by atoms with Crippen LogP contribution >= 0.6 is 7.82 Å². The van der Waals surface area contributed by atoms with Gasteiger partial charge in [0.05, 0.1) is 19.8 Å². The van der Waals surface area contributed by atoms with Gasteiger partial charge >= 0.3 is 25.7 Å². The summed E-state index contributed by atoms with van der Waals surface area (Å²) in [5.74, 6) is -1.57. The fourth-order valence-corrected chi connectivity index (χ4v) is 8.99. The minimum atomic E-state index is -4.77. The van der Waals surface area contributed by atoms with Gasteiger partial charge in [-0.15, -0.1) is 0 Å². The lowest BCUT2D eigenvalue weighted by atomic mass is 10.0. The molecule has 0 aromatic heterocycles. The summed E-state index contributed by atoms with van der Waals surface area (Å²) in [6, 6.07) is 0. The summed E-state index contributed by atoms with van der Waals surface area (Å²) in [6.07, 6.45) is 66.9. The van der Waals surface area contributed by atoms with E-state index in [-0.39, 0.29) is 25.9 Å². The Morgan fingerprint density at radius 2 is 0.711 bits per heavy atom. The van der Waals surface area contributed by atoms with Crippen LogP contribution in [-0.4, -0.2) is 66.5 Å². The van der Waals surface area contributed by atoms with E-state index >= 15 is 0 Å². The molecule has 11 nitrogen and oxygen atoms in total. The van der Waals surface area contributed by atoms with Crippen molar-refractivity contribution < 1.29 is 52.2 Å². The van der Waals surface area contributed by atoms with Gasteiger partial charge in [-0.05, 0) is 83.5 Å². The third-order valence-corrected chi connectivity index (χ3v) is 13.8. The Morgan fingerprint density at radius 1 is 0.382 bits per heavy atom. The highest BCUT2D eigenvalue weighted by Gasteiger charge is 2.28. The second-order valence-corrected chi connectivity index (χ2v) is 21.6. The predicted octanol–water partition coefficient (Wildman–Crippen LogP) is 18.3. The number of hydrogen-bond acceptors (Lipinski definition) is 10. The fraction of sp³-hybridized carbons (Fsp3) is 0.734. The summed E-state index contributed by atoms with van der Waals surface area (Å²) in [5.41, 5.74) is 0. The molecule has 12 heteroatoms. The van der Waals surface area contributed by atoms with Gasteiger partial charge in [-0.3, -0.25) is 23.4 Å². The van der Waals surface area contributed by atoms with Gasteiger partial charge in [0.1, 0.15) is 12.7 Å². The number of phosphoric acid groups is 1. The lowest BCUT2D eigenvalue weighted by molar-refractivity contribution is -0.161. The summed E-state index contributed by atoms with van der Waals surface area (Å²) in [6.45, 7) is 4.46. The zero-order valence-electron chi connectivity index (χ0n) is 48.5. The smallest absolute Gasteiger partial charge is 0.462 e. The number of aliphatic hydroxyl groups is 1. The average molecular weight is 1090 g/mol. The summed E-state index contributed by atoms with van der Waals surface area (Å²) in [7, 11) is -4.77. The third-order valence-electron chi connectivity index (χ3n) is 12.8. The topological polar surface area (TPSA) is 155 Å². The number of phosphoric ester groups is 1. The van der Waals surface area contributed by atoms with Crippen molar-refractivity contribution in [3.05, 3.63) is 85.1 Å². The van der Waals surface area contributed by atoms with Gasteiger partial charge in [0.15, 0.2) is 6.10 Å². The van der Waals surface area contributed by atoms with E-state index in [1.807, 2.05) is 12.2 Å². The van der Waals surface area contributed by atoms with Crippen molar-refractivity contribution in [2.24, 2.45) is 0 Å². The van der Waals surface area contributed by atoms with Crippen LogP contribution in [0.2, 0.25) is 0 Å². The molecule has 0 amide bonds. The molecule has 76 heavy (non-hydrogen) atoms. The second kappa shape index (κ2) is 57.8. The predicted molar refractivity (Wildman–Crippen MR) is 316 cm³/mol. The standard InChI is InChI=1S/C64H111O11P/c1-4-7-10-13-16-19-22-25-28-29-30-31-34-37-40-43-46-49-52-55-64(68)75-61(57-71-62(66)53-50-47-44-41-38-35-32-26-23-20-17-14-11-8-5-2)59-73-76(69,70)72-58-60(56-65)74-63(67)54-51-48-45-42-39-36-33-27-24-21-18-15-12-9-6-3/h7,10,16,19,25-26,28,30-32,37,40,46,49,60-61,65H,4-6,8-9,11-15,17-18,20-24,27,29,33-36,38-39,41-45,47-48,50-59H2,1-3H3,(H,69,70)/b10-7-,19-16-,28-25-,31-30-,32-26-,40-37-,49-46-. The molecule has 0 spiro atoms. The van der Waals surface area contributed by atoms with Gasteiger partial charge in [0.25, 0.3) is 0 Å². The summed E-state index contributed by atoms with van der Waals surface area (Å²) in [5, 5.41) is 9.83. The first-order chi connectivity index (χ1) is 37.2. The monoisotopic (exact) mass is 1090 g/mol. The Morgan fingerprint density at radius 3 is 1.13 bits per heavy atom. The van der Waals surface area contributed by atoms with E-state index in [9.17, 15) is 28.9 Å². The van der Waals surface area contributed by atoms with Crippen molar-refractivity contribution >= 4 is 25.7 Å². The molecule has 0 aromatic carbocycles. The zero-order chi connectivity index (χ0) is 55.5. The molecule has 0 saturated heterocycles. The molecule has 0 heterocycles. The van der Waals surface area contributed by atoms with Gasteiger partial charge in [-0.1, -0.05) is 247 Å². The fourth-order valence-electron chi connectivity index (χ4n) is 8.20. The number of ether oxygens (including phenoxy) is 3. The molecule has 0 aromatic rings. The van der Waals surface area contributed by atoms with Crippen LogP contribution in [-0.2, 0) is 42.2 Å². The van der Waals surface area contributed by atoms with Crippen LogP contribution in [0.4, 0.5) is 0 Å². The Labute approximate surface area is 464 Å². The lowest BCUT2D eigenvalue weighted by Crippen LogP contribution is -2.30. The summed E-state index contributed by atoms with van der Waals surface area (Å²) >= 11 is 0. The number of unbranched alkanes of at least 4 members (excludes halogenated alkanes) is 25. The van der Waals surface area contributed by atoms with Crippen molar-refractivity contribution in [2.75, 3.05) is 26.4 Å². The van der Waals surface area contributed by atoms with Crippen LogP contribution in [0.5, 0.6) is 0 Å². The van der Waals surface area contributed by atoms with Crippen LogP contribution in [0.15, 0.2) is 85.1 Å². The van der Waals surface area contributed by atoms with Gasteiger partial charge in [-0.2, -0.15) is 0 Å². The van der Waals surface area contributed by atoms with E-state index in [0.717, 1.165) is 89.9 Å². The summed E-state index contributed by atoms with van der Waals surface area (Å²) in [4.78, 5) is 48.6. The molecule has 3 unspecified atom stereocenters. The highest BCUT2D eigenvalue weighted by Crippen LogP contribution is 2.43. The normalized spacial score (nSPS) is 13.9. The van der Waals surface area contributed by atoms with Crippen molar-refractivity contribution in [3.8, 4) is 0 Å². The van der Waals surface area contributed by atoms with E-state index in [1.165, 1.54) is 109 Å². The number of allylic oxidation sites excluding steroid dienone is 14. The molecule has 438 valence electrons. The van der Waals surface area contributed by atoms with E-state index in [1.54, 1.807) is 0 Å². The third kappa shape index (κ3) is 55.4. The first kappa shape index (κ1) is 72.7. The molecule has 0 aliphatic carbocycles. The largest absolute Gasteiger partial charge is 0.472 e. The van der Waals surface area contributed by atoms with Crippen molar-refractivity contribution in [2.45, 2.75) is 277 Å². The number of carbonyl (C=O) groups excluding carboxylic acids is 3. The Balaban J connectivity index is 4.82. The van der Waals surface area contributed by atoms with E-state index in [4.69, 9.17) is 23.3 Å². The zero-order valence-corrected chi connectivity index (χ0v) is 49.3. The summed E-state index contributed by atoms with van der Waals surface area (Å²) < 4.78 is 39.5. The molecule has 0 fully saturated rings. The maximum atomic E-state index is 12.9.